The van der Waals surface area contributed by atoms with Crippen molar-refractivity contribution in [3.8, 4) is 0 Å². The van der Waals surface area contributed by atoms with Crippen molar-refractivity contribution < 1.29 is 18.3 Å². The van der Waals surface area contributed by atoms with E-state index in [1.54, 1.807) is 24.1 Å². The van der Waals surface area contributed by atoms with E-state index in [0.29, 0.717) is 6.54 Å². The molecule has 3 aromatic rings. The third-order valence-electron chi connectivity index (χ3n) is 4.83. The molecule has 0 saturated carbocycles. The van der Waals surface area contributed by atoms with Gasteiger partial charge in [-0.2, -0.15) is 0 Å². The molecular formula is C23H25N3O4S. The van der Waals surface area contributed by atoms with Gasteiger partial charge in [-0.1, -0.05) is 56.3 Å². The SMILES string of the molecule is CC(C)c1ccc(S(=O)(=O)Nc2cnc(N(C)Cc3ccccc3)c(C(=O)O)c2)cc1. The van der Waals surface area contributed by atoms with Gasteiger partial charge in [0.05, 0.1) is 16.8 Å². The third-order valence-corrected chi connectivity index (χ3v) is 6.23. The third kappa shape index (κ3) is 5.40. The van der Waals surface area contributed by atoms with Crippen LogP contribution < -0.4 is 9.62 Å². The lowest BCUT2D eigenvalue weighted by Crippen LogP contribution is -2.21. The molecule has 0 amide bonds. The van der Waals surface area contributed by atoms with Gasteiger partial charge in [-0.25, -0.2) is 18.2 Å². The maximum Gasteiger partial charge on any atom is 0.339 e. The molecule has 0 aliphatic rings. The standard InChI is InChI=1S/C23H25N3O4S/c1-16(2)18-9-11-20(12-10-18)31(29,30)25-19-13-21(23(27)28)22(24-14-19)26(3)15-17-7-5-4-6-8-17/h4-14,16,25H,15H2,1-3H3,(H,27,28). The fourth-order valence-corrected chi connectivity index (χ4v) is 4.19. The maximum absolute atomic E-state index is 12.7. The van der Waals surface area contributed by atoms with Crippen LogP contribution in [0.2, 0.25) is 0 Å². The molecule has 0 unspecified atom stereocenters. The summed E-state index contributed by atoms with van der Waals surface area (Å²) in [6, 6.07) is 17.5. The Morgan fingerprint density at radius 2 is 1.74 bits per heavy atom. The second kappa shape index (κ2) is 9.18. The van der Waals surface area contributed by atoms with Crippen LogP contribution in [0.5, 0.6) is 0 Å². The van der Waals surface area contributed by atoms with Crippen molar-refractivity contribution in [3.05, 3.63) is 83.6 Å². The number of carboxylic acid groups (broad SMARTS) is 1. The second-order valence-electron chi connectivity index (χ2n) is 7.57. The number of nitrogens with zero attached hydrogens (tertiary/aromatic N) is 2. The summed E-state index contributed by atoms with van der Waals surface area (Å²) in [6.45, 7) is 4.51. The highest BCUT2D eigenvalue weighted by atomic mass is 32.2. The molecule has 0 spiro atoms. The zero-order chi connectivity index (χ0) is 22.6. The van der Waals surface area contributed by atoms with Gasteiger partial charge >= 0.3 is 5.97 Å². The summed E-state index contributed by atoms with van der Waals surface area (Å²) >= 11 is 0. The Morgan fingerprint density at radius 1 is 1.10 bits per heavy atom. The van der Waals surface area contributed by atoms with Crippen molar-refractivity contribution in [2.75, 3.05) is 16.7 Å². The van der Waals surface area contributed by atoms with Crippen molar-refractivity contribution in [3.63, 3.8) is 0 Å². The molecule has 162 valence electrons. The van der Waals surface area contributed by atoms with Crippen LogP contribution in [-0.4, -0.2) is 31.5 Å². The topological polar surface area (TPSA) is 99.6 Å². The molecule has 2 N–H and O–H groups in total. The first-order valence-electron chi connectivity index (χ1n) is 9.78. The van der Waals surface area contributed by atoms with Gasteiger partial charge in [-0.15, -0.1) is 0 Å². The smallest absolute Gasteiger partial charge is 0.339 e. The minimum absolute atomic E-state index is 0.0854. The van der Waals surface area contributed by atoms with Crippen LogP contribution in [0.4, 0.5) is 11.5 Å². The number of aromatic carboxylic acids is 1. The van der Waals surface area contributed by atoms with Gasteiger partial charge in [0.25, 0.3) is 10.0 Å². The Bertz CT molecular complexity index is 1160. The Kier molecular flexibility index (Phi) is 6.60. The summed E-state index contributed by atoms with van der Waals surface area (Å²) < 4.78 is 27.9. The van der Waals surface area contributed by atoms with E-state index in [1.165, 1.54) is 24.4 Å². The molecule has 8 heteroatoms. The first kappa shape index (κ1) is 22.3. The number of benzene rings is 2. The van der Waals surface area contributed by atoms with Crippen molar-refractivity contribution in [1.82, 2.24) is 4.98 Å². The highest BCUT2D eigenvalue weighted by Gasteiger charge is 2.20. The molecule has 0 radical (unpaired) electrons. The molecule has 0 bridgehead atoms. The van der Waals surface area contributed by atoms with E-state index in [2.05, 4.69) is 9.71 Å². The lowest BCUT2D eigenvalue weighted by atomic mass is 10.0. The summed E-state index contributed by atoms with van der Waals surface area (Å²) in [5.74, 6) is -0.655. The quantitative estimate of drug-likeness (QED) is 0.542. The normalized spacial score (nSPS) is 11.4. The van der Waals surface area contributed by atoms with Crippen LogP contribution in [0, 0.1) is 0 Å². The predicted molar refractivity (Wildman–Crippen MR) is 121 cm³/mol. The predicted octanol–water partition coefficient (Wildman–Crippen LogP) is 4.34. The van der Waals surface area contributed by atoms with Crippen LogP contribution in [0.3, 0.4) is 0 Å². The first-order chi connectivity index (χ1) is 14.7. The Morgan fingerprint density at radius 3 is 2.32 bits per heavy atom. The van der Waals surface area contributed by atoms with Crippen LogP contribution in [0.1, 0.15) is 41.3 Å². The van der Waals surface area contributed by atoms with E-state index in [0.717, 1.165) is 11.1 Å². The van der Waals surface area contributed by atoms with Gasteiger partial charge < -0.3 is 10.0 Å². The average Bonchev–Trinajstić information content (AvgIpc) is 2.74. The largest absolute Gasteiger partial charge is 0.478 e. The van der Waals surface area contributed by atoms with Gasteiger partial charge in [0.1, 0.15) is 11.4 Å². The summed E-state index contributed by atoms with van der Waals surface area (Å²) in [5.41, 5.74) is 2.02. The highest BCUT2D eigenvalue weighted by Crippen LogP contribution is 2.24. The molecule has 7 nitrogen and oxygen atoms in total. The minimum Gasteiger partial charge on any atom is -0.478 e. The molecule has 0 aliphatic heterocycles. The van der Waals surface area contributed by atoms with Crippen LogP contribution in [-0.2, 0) is 16.6 Å². The number of anilines is 2. The maximum atomic E-state index is 12.7. The number of sulfonamides is 1. The molecule has 2 aromatic carbocycles. The molecule has 0 aliphatic carbocycles. The fourth-order valence-electron chi connectivity index (χ4n) is 3.15. The van der Waals surface area contributed by atoms with E-state index in [1.807, 2.05) is 44.2 Å². The summed E-state index contributed by atoms with van der Waals surface area (Å²) in [6.07, 6.45) is 1.32. The van der Waals surface area contributed by atoms with E-state index < -0.39 is 16.0 Å². The lowest BCUT2D eigenvalue weighted by molar-refractivity contribution is 0.0697. The number of nitrogens with one attached hydrogen (secondary N) is 1. The number of aromatic nitrogens is 1. The number of hydrogen-bond donors (Lipinski definition) is 2. The Labute approximate surface area is 182 Å². The van der Waals surface area contributed by atoms with Crippen molar-refractivity contribution in [2.45, 2.75) is 31.2 Å². The van der Waals surface area contributed by atoms with Gasteiger partial charge in [0.15, 0.2) is 0 Å². The molecule has 0 atom stereocenters. The molecule has 1 aromatic heterocycles. The molecule has 1 heterocycles. The van der Waals surface area contributed by atoms with E-state index in [-0.39, 0.29) is 27.9 Å². The zero-order valence-corrected chi connectivity index (χ0v) is 18.4. The lowest BCUT2D eigenvalue weighted by Gasteiger charge is -2.21. The first-order valence-corrected chi connectivity index (χ1v) is 11.3. The summed E-state index contributed by atoms with van der Waals surface area (Å²) in [5, 5.41) is 9.66. The van der Waals surface area contributed by atoms with E-state index >= 15 is 0 Å². The monoisotopic (exact) mass is 439 g/mol. The van der Waals surface area contributed by atoms with Crippen molar-refractivity contribution in [1.29, 1.82) is 0 Å². The van der Waals surface area contributed by atoms with Crippen molar-refractivity contribution >= 4 is 27.5 Å². The molecule has 3 rings (SSSR count). The summed E-state index contributed by atoms with van der Waals surface area (Å²) in [4.78, 5) is 17.9. The Balaban J connectivity index is 1.85. The van der Waals surface area contributed by atoms with E-state index in [4.69, 9.17) is 0 Å². The average molecular weight is 440 g/mol. The van der Waals surface area contributed by atoms with Gasteiger partial charge in [0.2, 0.25) is 0 Å². The fraction of sp³-hybridized carbons (Fsp3) is 0.217. The Hall–Kier alpha value is -3.39. The second-order valence-corrected chi connectivity index (χ2v) is 9.25. The number of carboxylic acids is 1. The van der Waals surface area contributed by atoms with Crippen molar-refractivity contribution in [2.24, 2.45) is 0 Å². The van der Waals surface area contributed by atoms with E-state index in [9.17, 15) is 18.3 Å². The molecule has 0 fully saturated rings. The van der Waals surface area contributed by atoms with Gasteiger partial charge in [0, 0.05) is 13.6 Å². The van der Waals surface area contributed by atoms with Gasteiger partial charge in [-0.05, 0) is 35.2 Å². The summed E-state index contributed by atoms with van der Waals surface area (Å²) in [7, 11) is -2.14. The van der Waals surface area contributed by atoms with Crippen LogP contribution in [0.25, 0.3) is 0 Å². The molecule has 31 heavy (non-hydrogen) atoms. The number of hydrogen-bond acceptors (Lipinski definition) is 5. The molecular weight excluding hydrogens is 414 g/mol. The zero-order valence-electron chi connectivity index (χ0n) is 17.6. The van der Waals surface area contributed by atoms with Crippen LogP contribution in [0.15, 0.2) is 71.8 Å². The number of rotatable bonds is 8. The number of pyridine rings is 1. The van der Waals surface area contributed by atoms with Gasteiger partial charge in [-0.3, -0.25) is 4.72 Å². The minimum atomic E-state index is -3.88. The number of carbonyl (C=O) groups is 1. The highest BCUT2D eigenvalue weighted by molar-refractivity contribution is 7.92. The molecule has 0 saturated heterocycles. The van der Waals surface area contributed by atoms with Crippen LogP contribution >= 0.6 is 0 Å².